The van der Waals surface area contributed by atoms with E-state index in [1.54, 1.807) is 11.3 Å². The van der Waals surface area contributed by atoms with E-state index in [0.717, 1.165) is 13.0 Å². The Kier molecular flexibility index (Phi) is 4.39. The molecule has 18 heavy (non-hydrogen) atoms. The Morgan fingerprint density at radius 3 is 2.50 bits per heavy atom. The van der Waals surface area contributed by atoms with Crippen LogP contribution in [0, 0.1) is 0 Å². The highest BCUT2D eigenvalue weighted by atomic mass is 32.1. The normalized spacial score (nSPS) is 12.4. The van der Waals surface area contributed by atoms with Crippen LogP contribution < -0.4 is 10.6 Å². The maximum Gasteiger partial charge on any atom is 0.0434 e. The molecular weight excluding hydrogens is 240 g/mol. The number of benzene rings is 1. The molecule has 0 bridgehead atoms. The van der Waals surface area contributed by atoms with Gasteiger partial charge in [0.15, 0.2) is 0 Å². The minimum absolute atomic E-state index is 0.154. The Morgan fingerprint density at radius 2 is 1.94 bits per heavy atom. The van der Waals surface area contributed by atoms with Gasteiger partial charge < -0.3 is 10.6 Å². The minimum atomic E-state index is 0.154. The van der Waals surface area contributed by atoms with Crippen LogP contribution in [-0.4, -0.2) is 7.05 Å². The Hall–Kier alpha value is -1.32. The maximum absolute atomic E-state index is 6.02. The molecule has 0 radical (unpaired) electrons. The molecule has 2 rings (SSSR count). The molecule has 0 aliphatic heterocycles. The molecule has 0 aliphatic rings. The Balaban J connectivity index is 2.04. The van der Waals surface area contributed by atoms with E-state index in [-0.39, 0.29) is 6.04 Å². The minimum Gasteiger partial charge on any atom is -0.370 e. The lowest BCUT2D eigenvalue weighted by Gasteiger charge is -2.19. The van der Waals surface area contributed by atoms with E-state index in [2.05, 4.69) is 60.0 Å². The van der Waals surface area contributed by atoms with Gasteiger partial charge in [-0.25, -0.2) is 0 Å². The molecule has 0 aliphatic carbocycles. The molecule has 1 aromatic carbocycles. The van der Waals surface area contributed by atoms with Gasteiger partial charge in [-0.2, -0.15) is 11.3 Å². The molecule has 3 heteroatoms. The largest absolute Gasteiger partial charge is 0.370 e. The molecule has 2 N–H and O–H groups in total. The van der Waals surface area contributed by atoms with Crippen molar-refractivity contribution in [1.29, 1.82) is 0 Å². The van der Waals surface area contributed by atoms with Gasteiger partial charge in [-0.05, 0) is 46.5 Å². The summed E-state index contributed by atoms with van der Waals surface area (Å²) in [5.41, 5.74) is 9.82. The monoisotopic (exact) mass is 260 g/mol. The molecule has 96 valence electrons. The standard InChI is InChI=1S/C15H20N2S/c1-3-15(16)13-4-6-14(7-5-13)17(2)10-12-8-9-18-11-12/h4-9,11,15H,3,10,16H2,1-2H3. The summed E-state index contributed by atoms with van der Waals surface area (Å²) in [4.78, 5) is 2.25. The number of hydrogen-bond acceptors (Lipinski definition) is 3. The fraction of sp³-hybridized carbons (Fsp3) is 0.333. The van der Waals surface area contributed by atoms with Crippen LogP contribution >= 0.6 is 11.3 Å². The summed E-state index contributed by atoms with van der Waals surface area (Å²) in [6, 6.07) is 10.9. The SMILES string of the molecule is CCC(N)c1ccc(N(C)Cc2ccsc2)cc1. The summed E-state index contributed by atoms with van der Waals surface area (Å²) in [5, 5.41) is 4.31. The van der Waals surface area contributed by atoms with E-state index >= 15 is 0 Å². The molecule has 0 fully saturated rings. The van der Waals surface area contributed by atoms with Crippen molar-refractivity contribution in [2.24, 2.45) is 5.73 Å². The maximum atomic E-state index is 6.02. The zero-order valence-corrected chi connectivity index (χ0v) is 11.8. The average molecular weight is 260 g/mol. The van der Waals surface area contributed by atoms with Crippen LogP contribution in [0.2, 0.25) is 0 Å². The zero-order chi connectivity index (χ0) is 13.0. The summed E-state index contributed by atoms with van der Waals surface area (Å²) >= 11 is 1.74. The van der Waals surface area contributed by atoms with Crippen LogP contribution in [0.5, 0.6) is 0 Å². The van der Waals surface area contributed by atoms with Gasteiger partial charge in [0.2, 0.25) is 0 Å². The molecule has 0 spiro atoms. The van der Waals surface area contributed by atoms with E-state index in [0.29, 0.717) is 0 Å². The van der Waals surface area contributed by atoms with Crippen molar-refractivity contribution in [2.45, 2.75) is 25.9 Å². The van der Waals surface area contributed by atoms with Crippen molar-refractivity contribution in [3.63, 3.8) is 0 Å². The summed E-state index contributed by atoms with van der Waals surface area (Å²) in [6.07, 6.45) is 0.976. The second kappa shape index (κ2) is 6.03. The smallest absolute Gasteiger partial charge is 0.0434 e. The highest BCUT2D eigenvalue weighted by molar-refractivity contribution is 7.07. The lowest BCUT2D eigenvalue weighted by atomic mass is 10.1. The van der Waals surface area contributed by atoms with Crippen molar-refractivity contribution in [1.82, 2.24) is 0 Å². The van der Waals surface area contributed by atoms with Crippen LogP contribution in [0.25, 0.3) is 0 Å². The first kappa shape index (κ1) is 13.1. The molecule has 0 amide bonds. The number of thiophene rings is 1. The third kappa shape index (κ3) is 3.12. The molecule has 1 atom stereocenters. The Bertz CT molecular complexity index is 462. The van der Waals surface area contributed by atoms with Crippen molar-refractivity contribution in [2.75, 3.05) is 11.9 Å². The van der Waals surface area contributed by atoms with Crippen LogP contribution in [0.4, 0.5) is 5.69 Å². The van der Waals surface area contributed by atoms with Crippen molar-refractivity contribution < 1.29 is 0 Å². The van der Waals surface area contributed by atoms with Crippen LogP contribution in [-0.2, 0) is 6.54 Å². The number of rotatable bonds is 5. The predicted molar refractivity (Wildman–Crippen MR) is 80.1 cm³/mol. The number of anilines is 1. The van der Waals surface area contributed by atoms with Gasteiger partial charge in [0.05, 0.1) is 0 Å². The lowest BCUT2D eigenvalue weighted by molar-refractivity contribution is 0.698. The quantitative estimate of drug-likeness (QED) is 0.886. The average Bonchev–Trinajstić information content (AvgIpc) is 2.91. The Morgan fingerprint density at radius 1 is 1.22 bits per heavy atom. The van der Waals surface area contributed by atoms with Gasteiger partial charge in [-0.15, -0.1) is 0 Å². The van der Waals surface area contributed by atoms with Crippen LogP contribution in [0.15, 0.2) is 41.1 Å². The summed E-state index contributed by atoms with van der Waals surface area (Å²) in [5.74, 6) is 0. The number of nitrogens with two attached hydrogens (primary N) is 1. The third-order valence-corrected chi connectivity index (χ3v) is 3.93. The topological polar surface area (TPSA) is 29.3 Å². The van der Waals surface area contributed by atoms with Gasteiger partial charge >= 0.3 is 0 Å². The van der Waals surface area contributed by atoms with Crippen molar-refractivity contribution >= 4 is 17.0 Å². The van der Waals surface area contributed by atoms with Gasteiger partial charge in [-0.3, -0.25) is 0 Å². The molecule has 1 aromatic heterocycles. The van der Waals surface area contributed by atoms with Gasteiger partial charge in [0, 0.05) is 25.3 Å². The fourth-order valence-electron chi connectivity index (χ4n) is 1.96. The summed E-state index contributed by atoms with van der Waals surface area (Å²) in [6.45, 7) is 3.06. The summed E-state index contributed by atoms with van der Waals surface area (Å²) < 4.78 is 0. The van der Waals surface area contributed by atoms with Crippen LogP contribution in [0.3, 0.4) is 0 Å². The number of hydrogen-bond donors (Lipinski definition) is 1. The Labute approximate surface area is 113 Å². The van der Waals surface area contributed by atoms with E-state index < -0.39 is 0 Å². The first-order chi connectivity index (χ1) is 8.70. The first-order valence-corrected chi connectivity index (χ1v) is 7.22. The summed E-state index contributed by atoms with van der Waals surface area (Å²) in [7, 11) is 2.12. The van der Waals surface area contributed by atoms with E-state index in [9.17, 15) is 0 Å². The molecule has 2 nitrogen and oxygen atoms in total. The molecule has 0 saturated carbocycles. The molecule has 1 heterocycles. The molecule has 0 saturated heterocycles. The highest BCUT2D eigenvalue weighted by Crippen LogP contribution is 2.20. The predicted octanol–water partition coefficient (Wildman–Crippen LogP) is 3.79. The van der Waals surface area contributed by atoms with Crippen molar-refractivity contribution in [3.05, 3.63) is 52.2 Å². The highest BCUT2D eigenvalue weighted by Gasteiger charge is 2.05. The van der Waals surface area contributed by atoms with Gasteiger partial charge in [-0.1, -0.05) is 19.1 Å². The first-order valence-electron chi connectivity index (χ1n) is 6.28. The zero-order valence-electron chi connectivity index (χ0n) is 11.0. The molecule has 1 unspecified atom stereocenters. The third-order valence-electron chi connectivity index (χ3n) is 3.20. The van der Waals surface area contributed by atoms with Gasteiger partial charge in [0.25, 0.3) is 0 Å². The van der Waals surface area contributed by atoms with Crippen LogP contribution in [0.1, 0.15) is 30.5 Å². The van der Waals surface area contributed by atoms with Crippen molar-refractivity contribution in [3.8, 4) is 0 Å². The van der Waals surface area contributed by atoms with E-state index in [4.69, 9.17) is 5.73 Å². The van der Waals surface area contributed by atoms with Gasteiger partial charge in [0.1, 0.15) is 0 Å². The fourth-order valence-corrected chi connectivity index (χ4v) is 2.62. The molecule has 2 aromatic rings. The van der Waals surface area contributed by atoms with E-state index in [1.165, 1.54) is 16.8 Å². The second-order valence-corrected chi connectivity index (χ2v) is 5.37. The molecular formula is C15H20N2S. The lowest BCUT2D eigenvalue weighted by Crippen LogP contribution is -2.16. The number of nitrogens with zero attached hydrogens (tertiary/aromatic N) is 1. The van der Waals surface area contributed by atoms with E-state index in [1.807, 2.05) is 0 Å². The second-order valence-electron chi connectivity index (χ2n) is 4.59.